The van der Waals surface area contributed by atoms with Crippen molar-refractivity contribution in [3.8, 4) is 5.75 Å². The number of rotatable bonds is 4. The summed E-state index contributed by atoms with van der Waals surface area (Å²) < 4.78 is 5.22. The van der Waals surface area contributed by atoms with Crippen LogP contribution in [0.1, 0.15) is 23.2 Å². The molecule has 5 heteroatoms. The second-order valence-electron chi connectivity index (χ2n) is 7.07. The topological polar surface area (TPSA) is 36.0 Å². The highest BCUT2D eigenvalue weighted by Gasteiger charge is 2.25. The van der Waals surface area contributed by atoms with Gasteiger partial charge < -0.3 is 14.5 Å². The Balaban J connectivity index is 1.48. The molecule has 0 atom stereocenters. The highest BCUT2D eigenvalue weighted by Crippen LogP contribution is 2.19. The molecule has 0 radical (unpaired) electrons. The van der Waals surface area contributed by atoms with Gasteiger partial charge in [-0.25, -0.2) is 0 Å². The van der Waals surface area contributed by atoms with E-state index in [-0.39, 0.29) is 5.91 Å². The van der Waals surface area contributed by atoms with Crippen LogP contribution in [0.5, 0.6) is 5.75 Å². The minimum absolute atomic E-state index is 0.118. The van der Waals surface area contributed by atoms with Gasteiger partial charge in [0.05, 0.1) is 7.11 Å². The van der Waals surface area contributed by atoms with Crippen molar-refractivity contribution in [2.75, 3.05) is 60.0 Å². The quantitative estimate of drug-likeness (QED) is 0.843. The van der Waals surface area contributed by atoms with Crippen LogP contribution < -0.4 is 4.74 Å². The number of amides is 1. The van der Waals surface area contributed by atoms with Gasteiger partial charge in [-0.2, -0.15) is 0 Å². The summed E-state index contributed by atoms with van der Waals surface area (Å²) >= 11 is 0. The molecule has 3 rings (SSSR count). The summed E-state index contributed by atoms with van der Waals surface area (Å²) in [6, 6.07) is 7.45. The first kappa shape index (κ1) is 17.2. The predicted octanol–water partition coefficient (Wildman–Crippen LogP) is 1.79. The molecule has 0 aliphatic carbocycles. The average molecular weight is 331 g/mol. The van der Waals surface area contributed by atoms with E-state index >= 15 is 0 Å². The lowest BCUT2D eigenvalue weighted by Crippen LogP contribution is -2.50. The summed E-state index contributed by atoms with van der Waals surface area (Å²) in [5.41, 5.74) is 0.720. The molecule has 0 N–H and O–H groups in total. The molecule has 2 heterocycles. The minimum Gasteiger partial charge on any atom is -0.497 e. The fourth-order valence-corrected chi connectivity index (χ4v) is 3.68. The van der Waals surface area contributed by atoms with Crippen molar-refractivity contribution in [2.24, 2.45) is 5.92 Å². The number of carbonyl (C=O) groups excluding carboxylic acids is 1. The summed E-state index contributed by atoms with van der Waals surface area (Å²) in [5, 5.41) is 0. The zero-order valence-corrected chi connectivity index (χ0v) is 14.9. The monoisotopic (exact) mass is 331 g/mol. The summed E-state index contributed by atoms with van der Waals surface area (Å²) in [5.74, 6) is 1.68. The summed E-state index contributed by atoms with van der Waals surface area (Å²) in [4.78, 5) is 19.6. The molecule has 1 amide bonds. The number of methoxy groups -OCH3 is 1. The maximum atomic E-state index is 12.6. The molecule has 5 nitrogen and oxygen atoms in total. The van der Waals surface area contributed by atoms with Crippen molar-refractivity contribution in [1.82, 2.24) is 14.7 Å². The van der Waals surface area contributed by atoms with Crippen LogP contribution >= 0.6 is 0 Å². The summed E-state index contributed by atoms with van der Waals surface area (Å²) in [6.07, 6.45) is 2.61. The van der Waals surface area contributed by atoms with Gasteiger partial charge in [0.15, 0.2) is 0 Å². The number of carbonyl (C=O) groups is 1. The van der Waals surface area contributed by atoms with E-state index in [0.717, 1.165) is 43.4 Å². The van der Waals surface area contributed by atoms with Gasteiger partial charge >= 0.3 is 0 Å². The van der Waals surface area contributed by atoms with Crippen molar-refractivity contribution >= 4 is 5.91 Å². The van der Waals surface area contributed by atoms with E-state index in [1.54, 1.807) is 7.11 Å². The lowest BCUT2D eigenvalue weighted by atomic mass is 9.96. The fraction of sp³-hybridized carbons (Fsp3) is 0.632. The van der Waals surface area contributed by atoms with Crippen molar-refractivity contribution in [3.05, 3.63) is 29.8 Å². The molecule has 0 unspecified atom stereocenters. The Hall–Kier alpha value is -1.59. The maximum Gasteiger partial charge on any atom is 0.254 e. The molecule has 2 aliphatic heterocycles. The van der Waals surface area contributed by atoms with E-state index in [0.29, 0.717) is 0 Å². The molecule has 2 fully saturated rings. The van der Waals surface area contributed by atoms with E-state index in [2.05, 4.69) is 16.8 Å². The van der Waals surface area contributed by atoms with Gasteiger partial charge in [0.1, 0.15) is 5.75 Å². The molecule has 2 saturated heterocycles. The minimum atomic E-state index is 0.118. The van der Waals surface area contributed by atoms with E-state index in [9.17, 15) is 4.79 Å². The van der Waals surface area contributed by atoms with Crippen molar-refractivity contribution in [2.45, 2.75) is 12.8 Å². The largest absolute Gasteiger partial charge is 0.497 e. The molecule has 1 aromatic carbocycles. The lowest BCUT2D eigenvalue weighted by Gasteiger charge is -2.38. The Bertz CT molecular complexity index is 547. The van der Waals surface area contributed by atoms with Gasteiger partial charge in [0.25, 0.3) is 5.91 Å². The highest BCUT2D eigenvalue weighted by atomic mass is 16.5. The van der Waals surface area contributed by atoms with Crippen molar-refractivity contribution in [1.29, 1.82) is 0 Å². The molecule has 2 aliphatic rings. The molecule has 24 heavy (non-hydrogen) atoms. The van der Waals surface area contributed by atoms with Crippen LogP contribution in [-0.4, -0.2) is 80.6 Å². The number of likely N-dealkylation sites (tertiary alicyclic amines) is 1. The number of benzene rings is 1. The zero-order chi connectivity index (χ0) is 16.9. The number of hydrogen-bond acceptors (Lipinski definition) is 4. The fourth-order valence-electron chi connectivity index (χ4n) is 3.68. The molecule has 0 bridgehead atoms. The number of piperidine rings is 1. The predicted molar refractivity (Wildman–Crippen MR) is 95.6 cm³/mol. The molecule has 1 aromatic rings. The van der Waals surface area contributed by atoms with Crippen LogP contribution in [0, 0.1) is 5.92 Å². The molecule has 0 spiro atoms. The third-order valence-corrected chi connectivity index (χ3v) is 5.33. The van der Waals surface area contributed by atoms with Gasteiger partial charge in [0.2, 0.25) is 0 Å². The van der Waals surface area contributed by atoms with E-state index in [4.69, 9.17) is 4.74 Å². The third kappa shape index (κ3) is 4.28. The number of piperazine rings is 1. The van der Waals surface area contributed by atoms with E-state index in [1.165, 1.54) is 32.5 Å². The Morgan fingerprint density at radius 1 is 1.12 bits per heavy atom. The lowest BCUT2D eigenvalue weighted by molar-refractivity contribution is 0.0594. The highest BCUT2D eigenvalue weighted by molar-refractivity contribution is 5.94. The Morgan fingerprint density at radius 3 is 2.50 bits per heavy atom. The van der Waals surface area contributed by atoms with Gasteiger partial charge in [0, 0.05) is 38.3 Å². The maximum absolute atomic E-state index is 12.6. The van der Waals surface area contributed by atoms with Crippen LogP contribution in [0.2, 0.25) is 0 Å². The van der Waals surface area contributed by atoms with E-state index < -0.39 is 0 Å². The normalized spacial score (nSPS) is 21.0. The van der Waals surface area contributed by atoms with Gasteiger partial charge in [-0.3, -0.25) is 9.69 Å². The zero-order valence-electron chi connectivity index (χ0n) is 14.9. The summed E-state index contributed by atoms with van der Waals surface area (Å²) in [7, 11) is 3.84. The standard InChI is InChI=1S/C19H29N3O2/c1-20-8-6-16(7-9-20)15-21-10-12-22(13-11-21)19(23)17-4-3-5-18(14-17)24-2/h3-5,14,16H,6-13,15H2,1-2H3. The van der Waals surface area contributed by atoms with Crippen LogP contribution in [-0.2, 0) is 0 Å². The van der Waals surface area contributed by atoms with E-state index in [1.807, 2.05) is 29.2 Å². The van der Waals surface area contributed by atoms with Crippen LogP contribution in [0.25, 0.3) is 0 Å². The van der Waals surface area contributed by atoms with Gasteiger partial charge in [-0.1, -0.05) is 6.07 Å². The number of ether oxygens (including phenoxy) is 1. The average Bonchev–Trinajstić information content (AvgIpc) is 2.64. The van der Waals surface area contributed by atoms with Crippen molar-refractivity contribution in [3.63, 3.8) is 0 Å². The molecular formula is C19H29N3O2. The van der Waals surface area contributed by atoms with Gasteiger partial charge in [-0.15, -0.1) is 0 Å². The van der Waals surface area contributed by atoms with Crippen LogP contribution in [0.15, 0.2) is 24.3 Å². The van der Waals surface area contributed by atoms with Crippen LogP contribution in [0.3, 0.4) is 0 Å². The second kappa shape index (κ2) is 7.99. The number of hydrogen-bond donors (Lipinski definition) is 0. The molecule has 0 saturated carbocycles. The smallest absolute Gasteiger partial charge is 0.254 e. The Kier molecular flexibility index (Phi) is 5.74. The first-order chi connectivity index (χ1) is 11.7. The first-order valence-electron chi connectivity index (χ1n) is 9.00. The molecular weight excluding hydrogens is 302 g/mol. The Morgan fingerprint density at radius 2 is 1.83 bits per heavy atom. The SMILES string of the molecule is COc1cccc(C(=O)N2CCN(CC3CCN(C)CC3)CC2)c1. The third-order valence-electron chi connectivity index (χ3n) is 5.33. The second-order valence-corrected chi connectivity index (χ2v) is 7.07. The van der Waals surface area contributed by atoms with Crippen LogP contribution in [0.4, 0.5) is 0 Å². The molecule has 132 valence electrons. The first-order valence-corrected chi connectivity index (χ1v) is 9.00. The van der Waals surface area contributed by atoms with Gasteiger partial charge in [-0.05, 0) is 57.1 Å². The molecule has 0 aromatic heterocycles. The summed E-state index contributed by atoms with van der Waals surface area (Å²) in [6.45, 7) is 7.25. The number of nitrogens with zero attached hydrogens (tertiary/aromatic N) is 3. The van der Waals surface area contributed by atoms with Crippen molar-refractivity contribution < 1.29 is 9.53 Å². The Labute approximate surface area is 145 Å².